The van der Waals surface area contributed by atoms with Gasteiger partial charge in [-0.3, -0.25) is 0 Å². The van der Waals surface area contributed by atoms with Crippen LogP contribution in [-0.4, -0.2) is 7.11 Å². The van der Waals surface area contributed by atoms with Crippen molar-refractivity contribution in [2.24, 2.45) is 23.2 Å². The summed E-state index contributed by atoms with van der Waals surface area (Å²) in [5.74, 6) is 3.77. The molecule has 4 aliphatic rings. The highest BCUT2D eigenvalue weighted by molar-refractivity contribution is 5.37. The summed E-state index contributed by atoms with van der Waals surface area (Å²) in [5.41, 5.74) is 5.43. The Kier molecular flexibility index (Phi) is 3.36. The van der Waals surface area contributed by atoms with Gasteiger partial charge in [0.15, 0.2) is 0 Å². The fourth-order valence-electron chi connectivity index (χ4n) is 5.96. The van der Waals surface area contributed by atoms with Gasteiger partial charge in [0, 0.05) is 6.42 Å². The minimum absolute atomic E-state index is 0.406. The van der Waals surface area contributed by atoms with Crippen molar-refractivity contribution < 1.29 is 4.74 Å². The van der Waals surface area contributed by atoms with Crippen LogP contribution in [-0.2, 0) is 4.74 Å². The first-order valence-corrected chi connectivity index (χ1v) is 8.94. The van der Waals surface area contributed by atoms with Gasteiger partial charge in [0.05, 0.1) is 12.9 Å². The van der Waals surface area contributed by atoms with Crippen molar-refractivity contribution in [1.29, 1.82) is 0 Å². The van der Waals surface area contributed by atoms with Crippen LogP contribution in [0.5, 0.6) is 0 Å². The van der Waals surface area contributed by atoms with Crippen LogP contribution >= 0.6 is 0 Å². The van der Waals surface area contributed by atoms with Gasteiger partial charge >= 0.3 is 0 Å². The van der Waals surface area contributed by atoms with Crippen LogP contribution in [0.15, 0.2) is 47.3 Å². The van der Waals surface area contributed by atoms with Gasteiger partial charge in [0.1, 0.15) is 0 Å². The Bertz CT molecular complexity index is 591. The average Bonchev–Trinajstić information content (AvgIpc) is 2.90. The Morgan fingerprint density at radius 2 is 2.18 bits per heavy atom. The molecule has 1 heteroatoms. The molecule has 0 N–H and O–H groups in total. The first-order chi connectivity index (χ1) is 10.7. The van der Waals surface area contributed by atoms with Crippen LogP contribution in [0.3, 0.4) is 0 Å². The molecule has 4 aliphatic carbocycles. The molecule has 1 nitrogen and oxygen atoms in total. The lowest BCUT2D eigenvalue weighted by Gasteiger charge is -2.51. The van der Waals surface area contributed by atoms with E-state index in [1.165, 1.54) is 43.4 Å². The third kappa shape index (κ3) is 1.90. The molecule has 4 atom stereocenters. The molecular weight excluding hydrogens is 268 g/mol. The maximum absolute atomic E-state index is 5.50. The SMILES string of the molecule is C=CC1=CCC2C3CCC4=C(CC=C(OC)C4)C3CC[C@]12C. The van der Waals surface area contributed by atoms with Crippen LogP contribution in [0, 0.1) is 23.2 Å². The van der Waals surface area contributed by atoms with Gasteiger partial charge in [-0.15, -0.1) is 0 Å². The van der Waals surface area contributed by atoms with Crippen LogP contribution in [0.1, 0.15) is 51.9 Å². The largest absolute Gasteiger partial charge is 0.501 e. The molecule has 0 amide bonds. The molecule has 0 bridgehead atoms. The smallest absolute Gasteiger partial charge is 0.0959 e. The van der Waals surface area contributed by atoms with E-state index in [4.69, 9.17) is 4.74 Å². The van der Waals surface area contributed by atoms with E-state index in [1.807, 2.05) is 7.11 Å². The lowest BCUT2D eigenvalue weighted by atomic mass is 9.53. The van der Waals surface area contributed by atoms with Gasteiger partial charge in [0.2, 0.25) is 0 Å². The van der Waals surface area contributed by atoms with E-state index in [1.54, 1.807) is 11.1 Å². The Morgan fingerprint density at radius 3 is 2.95 bits per heavy atom. The Labute approximate surface area is 134 Å². The van der Waals surface area contributed by atoms with Gasteiger partial charge in [-0.25, -0.2) is 0 Å². The van der Waals surface area contributed by atoms with E-state index in [0.717, 1.165) is 30.6 Å². The first-order valence-electron chi connectivity index (χ1n) is 8.94. The fourth-order valence-corrected chi connectivity index (χ4v) is 5.96. The molecule has 3 unspecified atom stereocenters. The standard InChI is InChI=1S/C21H28O/c1-4-15-6-10-20-19-8-5-14-13-16(22-3)7-9-17(14)18(19)11-12-21(15,20)2/h4,6-7,18-20H,1,5,8-13H2,2-3H3/t18?,19?,20?,21-/m1/s1. The summed E-state index contributed by atoms with van der Waals surface area (Å²) in [6, 6.07) is 0. The second kappa shape index (κ2) is 5.15. The van der Waals surface area contributed by atoms with E-state index < -0.39 is 0 Å². The quantitative estimate of drug-likeness (QED) is 0.606. The molecule has 0 heterocycles. The molecule has 0 spiro atoms. The second-order valence-electron chi connectivity index (χ2n) is 7.86. The van der Waals surface area contributed by atoms with Gasteiger partial charge in [-0.05, 0) is 73.3 Å². The molecule has 1 saturated carbocycles. The highest BCUT2D eigenvalue weighted by Crippen LogP contribution is 2.61. The predicted molar refractivity (Wildman–Crippen MR) is 91.3 cm³/mol. The number of allylic oxidation sites excluding steroid dienone is 6. The van der Waals surface area contributed by atoms with Crippen LogP contribution in [0.25, 0.3) is 0 Å². The molecular formula is C21H28O. The Hall–Kier alpha value is -1.24. The predicted octanol–water partition coefficient (Wildman–Crippen LogP) is 5.57. The fraction of sp³-hybridized carbons (Fsp3) is 0.619. The van der Waals surface area contributed by atoms with Crippen molar-refractivity contribution in [2.45, 2.75) is 51.9 Å². The molecule has 1 fully saturated rings. The van der Waals surface area contributed by atoms with E-state index in [0.29, 0.717) is 5.41 Å². The highest BCUT2D eigenvalue weighted by Gasteiger charge is 2.51. The molecule has 0 aromatic rings. The maximum Gasteiger partial charge on any atom is 0.0959 e. The number of methoxy groups -OCH3 is 1. The number of rotatable bonds is 2. The summed E-state index contributed by atoms with van der Waals surface area (Å²) in [4.78, 5) is 0. The summed E-state index contributed by atoms with van der Waals surface area (Å²) in [7, 11) is 1.82. The third-order valence-electron chi connectivity index (χ3n) is 7.18. The van der Waals surface area contributed by atoms with Gasteiger partial charge in [-0.1, -0.05) is 36.8 Å². The van der Waals surface area contributed by atoms with Gasteiger partial charge in [-0.2, -0.15) is 0 Å². The zero-order chi connectivity index (χ0) is 15.3. The normalized spacial score (nSPS) is 40.2. The molecule has 0 saturated heterocycles. The molecule has 0 aromatic carbocycles. The molecule has 0 aromatic heterocycles. The Balaban J connectivity index is 1.61. The summed E-state index contributed by atoms with van der Waals surface area (Å²) >= 11 is 0. The van der Waals surface area contributed by atoms with E-state index >= 15 is 0 Å². The van der Waals surface area contributed by atoms with Crippen LogP contribution in [0.2, 0.25) is 0 Å². The van der Waals surface area contributed by atoms with E-state index in [2.05, 4.69) is 31.7 Å². The zero-order valence-corrected chi connectivity index (χ0v) is 14.0. The monoisotopic (exact) mass is 296 g/mol. The van der Waals surface area contributed by atoms with Crippen molar-refractivity contribution in [3.8, 4) is 0 Å². The number of fused-ring (bicyclic) bond motifs is 4. The Morgan fingerprint density at radius 1 is 1.32 bits per heavy atom. The second-order valence-corrected chi connectivity index (χ2v) is 7.86. The molecule has 4 rings (SSSR count). The lowest BCUT2D eigenvalue weighted by molar-refractivity contribution is 0.0581. The summed E-state index contributed by atoms with van der Waals surface area (Å²) in [6.07, 6.45) is 15.8. The van der Waals surface area contributed by atoms with Gasteiger partial charge in [0.25, 0.3) is 0 Å². The average molecular weight is 296 g/mol. The highest BCUT2D eigenvalue weighted by atomic mass is 16.5. The van der Waals surface area contributed by atoms with Gasteiger partial charge < -0.3 is 4.74 Å². The van der Waals surface area contributed by atoms with Crippen LogP contribution < -0.4 is 0 Å². The first kappa shape index (κ1) is 14.4. The molecule has 22 heavy (non-hydrogen) atoms. The van der Waals surface area contributed by atoms with E-state index in [9.17, 15) is 0 Å². The summed E-state index contributed by atoms with van der Waals surface area (Å²) < 4.78 is 5.50. The summed E-state index contributed by atoms with van der Waals surface area (Å²) in [5, 5.41) is 0. The van der Waals surface area contributed by atoms with Crippen molar-refractivity contribution in [2.75, 3.05) is 7.11 Å². The van der Waals surface area contributed by atoms with Crippen molar-refractivity contribution in [1.82, 2.24) is 0 Å². The molecule has 0 radical (unpaired) electrons. The topological polar surface area (TPSA) is 9.23 Å². The van der Waals surface area contributed by atoms with E-state index in [-0.39, 0.29) is 0 Å². The molecule has 0 aliphatic heterocycles. The number of hydrogen-bond acceptors (Lipinski definition) is 1. The number of hydrogen-bond donors (Lipinski definition) is 0. The maximum atomic E-state index is 5.50. The zero-order valence-electron chi connectivity index (χ0n) is 14.0. The van der Waals surface area contributed by atoms with Crippen molar-refractivity contribution in [3.63, 3.8) is 0 Å². The summed E-state index contributed by atoms with van der Waals surface area (Å²) in [6.45, 7) is 6.57. The lowest BCUT2D eigenvalue weighted by Crippen LogP contribution is -2.42. The minimum atomic E-state index is 0.406. The number of ether oxygens (including phenoxy) is 1. The van der Waals surface area contributed by atoms with Crippen LogP contribution in [0.4, 0.5) is 0 Å². The molecule has 118 valence electrons. The van der Waals surface area contributed by atoms with Crippen molar-refractivity contribution >= 4 is 0 Å². The van der Waals surface area contributed by atoms with Crippen molar-refractivity contribution in [3.05, 3.63) is 47.3 Å². The third-order valence-corrected chi connectivity index (χ3v) is 7.18. The minimum Gasteiger partial charge on any atom is -0.501 e.